The van der Waals surface area contributed by atoms with Crippen molar-refractivity contribution in [2.75, 3.05) is 4.90 Å². The maximum absolute atomic E-state index is 13.3. The Morgan fingerprint density at radius 2 is 1.83 bits per heavy atom. The highest BCUT2D eigenvalue weighted by Crippen LogP contribution is 2.37. The van der Waals surface area contributed by atoms with E-state index in [0.29, 0.717) is 23.3 Å². The van der Waals surface area contributed by atoms with Crippen molar-refractivity contribution in [1.29, 1.82) is 0 Å². The first-order valence-electron chi connectivity index (χ1n) is 11.7. The van der Waals surface area contributed by atoms with Gasteiger partial charge in [-0.25, -0.2) is 19.6 Å². The molecule has 11 heteroatoms. The maximum atomic E-state index is 13.3. The molecule has 194 valence electrons. The minimum Gasteiger partial charge on any atom is -0.444 e. The van der Waals surface area contributed by atoms with E-state index in [2.05, 4.69) is 25.5 Å². The summed E-state index contributed by atoms with van der Waals surface area (Å²) in [5.74, 6) is 0. The molecule has 0 saturated heterocycles. The van der Waals surface area contributed by atoms with Gasteiger partial charge in [0.05, 0.1) is 28.8 Å². The van der Waals surface area contributed by atoms with Crippen LogP contribution >= 0.6 is 11.3 Å². The summed E-state index contributed by atoms with van der Waals surface area (Å²) >= 11 is 1.52. The normalized spacial score (nSPS) is 12.8. The first kappa shape index (κ1) is 27.3. The second-order valence-corrected chi connectivity index (χ2v) is 11.7. The van der Waals surface area contributed by atoms with Crippen molar-refractivity contribution >= 4 is 39.4 Å². The van der Waals surface area contributed by atoms with Crippen molar-refractivity contribution in [1.82, 2.24) is 25.5 Å². The van der Waals surface area contributed by atoms with E-state index in [1.165, 1.54) is 22.6 Å². The number of nitrogens with zero attached hydrogens (tertiary/aromatic N) is 5. The molecule has 0 fully saturated rings. The number of hydrogen-bond acceptors (Lipinski definition) is 9. The van der Waals surface area contributed by atoms with Gasteiger partial charge < -0.3 is 14.8 Å². The summed E-state index contributed by atoms with van der Waals surface area (Å²) in [6.45, 7) is 15.0. The Bertz CT molecular complexity index is 1220. The molecule has 10 nitrogen and oxygen atoms in total. The molecule has 3 aromatic heterocycles. The van der Waals surface area contributed by atoms with Gasteiger partial charge in [-0.3, -0.25) is 4.90 Å². The van der Waals surface area contributed by atoms with E-state index in [1.54, 1.807) is 18.5 Å². The van der Waals surface area contributed by atoms with Crippen molar-refractivity contribution in [2.45, 2.75) is 85.6 Å². The third-order valence-electron chi connectivity index (χ3n) is 4.91. The summed E-state index contributed by atoms with van der Waals surface area (Å²) in [4.78, 5) is 36.2. The van der Waals surface area contributed by atoms with Crippen LogP contribution < -0.4 is 10.2 Å². The van der Waals surface area contributed by atoms with E-state index in [0.717, 1.165) is 15.1 Å². The van der Waals surface area contributed by atoms with Gasteiger partial charge in [0.15, 0.2) is 0 Å². The van der Waals surface area contributed by atoms with Crippen molar-refractivity contribution < 1.29 is 19.1 Å². The standard InChI is InChI=1S/C25H34N6O4S/c1-15(29-22(32)34-24(3,4)5)11-19-16(2)20-21(36-19)18(12-28-30-20)31(23(33)35-25(6,7)8)13-17-9-10-26-14-27-17/h9-10,12,14-15H,11,13H2,1-8H3,(H,29,32)/t15-/m0/s1. The topological polar surface area (TPSA) is 119 Å². The lowest BCUT2D eigenvalue weighted by molar-refractivity contribution is 0.0507. The number of aromatic nitrogens is 4. The number of rotatable bonds is 6. The highest BCUT2D eigenvalue weighted by atomic mass is 32.1. The SMILES string of the molecule is Cc1c(C[C@H](C)NC(=O)OC(C)(C)C)sc2c(N(Cc3ccncn3)C(=O)OC(C)(C)C)cnnc12. The molecule has 0 unspecified atom stereocenters. The van der Waals surface area contributed by atoms with E-state index >= 15 is 0 Å². The van der Waals surface area contributed by atoms with Gasteiger partial charge in [0.25, 0.3) is 0 Å². The smallest absolute Gasteiger partial charge is 0.415 e. The third-order valence-corrected chi connectivity index (χ3v) is 6.23. The summed E-state index contributed by atoms with van der Waals surface area (Å²) in [6.07, 6.45) is 4.23. The molecule has 0 aliphatic heterocycles. The average Bonchev–Trinajstić information content (AvgIpc) is 3.05. The predicted octanol–water partition coefficient (Wildman–Crippen LogP) is 5.19. The van der Waals surface area contributed by atoms with E-state index in [4.69, 9.17) is 9.47 Å². The molecular weight excluding hydrogens is 480 g/mol. The summed E-state index contributed by atoms with van der Waals surface area (Å²) in [7, 11) is 0. The molecular formula is C25H34N6O4S. The summed E-state index contributed by atoms with van der Waals surface area (Å²) < 4.78 is 11.9. The van der Waals surface area contributed by atoms with E-state index in [-0.39, 0.29) is 12.6 Å². The van der Waals surface area contributed by atoms with Crippen molar-refractivity contribution in [3.05, 3.63) is 40.9 Å². The molecule has 3 rings (SSSR count). The van der Waals surface area contributed by atoms with Crippen LogP contribution in [-0.4, -0.2) is 49.6 Å². The van der Waals surface area contributed by atoms with Crippen LogP contribution in [0.15, 0.2) is 24.8 Å². The highest BCUT2D eigenvalue weighted by Gasteiger charge is 2.28. The molecule has 3 heterocycles. The van der Waals surface area contributed by atoms with Crippen molar-refractivity contribution in [3.63, 3.8) is 0 Å². The summed E-state index contributed by atoms with van der Waals surface area (Å²) in [6, 6.07) is 1.57. The first-order chi connectivity index (χ1) is 16.7. The lowest BCUT2D eigenvalue weighted by Gasteiger charge is -2.27. The highest BCUT2D eigenvalue weighted by molar-refractivity contribution is 7.19. The Balaban J connectivity index is 1.94. The van der Waals surface area contributed by atoms with Gasteiger partial charge in [-0.05, 0) is 67.0 Å². The second-order valence-electron chi connectivity index (χ2n) is 10.6. The minimum absolute atomic E-state index is 0.175. The van der Waals surface area contributed by atoms with Gasteiger partial charge >= 0.3 is 12.2 Å². The fraction of sp³-hybridized carbons (Fsp3) is 0.520. The Morgan fingerprint density at radius 1 is 1.14 bits per heavy atom. The number of thiophene rings is 1. The van der Waals surface area contributed by atoms with Crippen molar-refractivity contribution in [3.8, 4) is 0 Å². The molecule has 36 heavy (non-hydrogen) atoms. The van der Waals surface area contributed by atoms with Crippen LogP contribution in [0.4, 0.5) is 15.3 Å². The van der Waals surface area contributed by atoms with Crippen molar-refractivity contribution in [2.24, 2.45) is 0 Å². The number of anilines is 1. The van der Waals surface area contributed by atoms with Crippen LogP contribution in [0.1, 0.15) is 64.6 Å². The lowest BCUT2D eigenvalue weighted by Crippen LogP contribution is -2.38. The molecule has 0 aromatic carbocycles. The predicted molar refractivity (Wildman–Crippen MR) is 139 cm³/mol. The van der Waals surface area contributed by atoms with Gasteiger partial charge in [0.1, 0.15) is 23.0 Å². The molecule has 0 bridgehead atoms. The number of carbonyl (C=O) groups excluding carboxylic acids is 2. The number of carbonyl (C=O) groups is 2. The Kier molecular flexibility index (Phi) is 8.12. The zero-order valence-corrected chi connectivity index (χ0v) is 22.9. The number of nitrogens with one attached hydrogen (secondary N) is 1. The Labute approximate surface area is 215 Å². The third kappa shape index (κ3) is 7.33. The number of alkyl carbamates (subject to hydrolysis) is 1. The fourth-order valence-corrected chi connectivity index (χ4v) is 4.80. The molecule has 1 N–H and O–H groups in total. The Morgan fingerprint density at radius 3 is 2.44 bits per heavy atom. The number of fused-ring (bicyclic) bond motifs is 1. The maximum Gasteiger partial charge on any atom is 0.415 e. The minimum atomic E-state index is -0.681. The molecule has 2 amide bonds. The van der Waals surface area contributed by atoms with Gasteiger partial charge in [-0.2, -0.15) is 5.10 Å². The van der Waals surface area contributed by atoms with Gasteiger partial charge in [0.2, 0.25) is 0 Å². The van der Waals surface area contributed by atoms with Crippen LogP contribution in [0, 0.1) is 6.92 Å². The molecule has 3 aromatic rings. The zero-order chi connectivity index (χ0) is 26.7. The lowest BCUT2D eigenvalue weighted by atomic mass is 10.1. The van der Waals surface area contributed by atoms with E-state index < -0.39 is 23.4 Å². The van der Waals surface area contributed by atoms with Crippen LogP contribution in [-0.2, 0) is 22.4 Å². The van der Waals surface area contributed by atoms with Gasteiger partial charge in [-0.15, -0.1) is 16.4 Å². The monoisotopic (exact) mass is 514 g/mol. The Hall–Kier alpha value is -3.34. The van der Waals surface area contributed by atoms with Crippen LogP contribution in [0.25, 0.3) is 10.2 Å². The molecule has 1 atom stereocenters. The number of aryl methyl sites for hydroxylation is 1. The largest absolute Gasteiger partial charge is 0.444 e. The van der Waals surface area contributed by atoms with Crippen LogP contribution in [0.3, 0.4) is 0 Å². The molecule has 0 radical (unpaired) electrons. The number of hydrogen-bond donors (Lipinski definition) is 1. The van der Waals surface area contributed by atoms with Gasteiger partial charge in [-0.1, -0.05) is 0 Å². The summed E-state index contributed by atoms with van der Waals surface area (Å²) in [5, 5.41) is 11.4. The molecule has 0 aliphatic rings. The first-order valence-corrected chi connectivity index (χ1v) is 12.5. The molecule has 0 aliphatic carbocycles. The van der Waals surface area contributed by atoms with Crippen LogP contribution in [0.5, 0.6) is 0 Å². The number of amides is 2. The van der Waals surface area contributed by atoms with Gasteiger partial charge in [0, 0.05) is 23.5 Å². The number of ether oxygens (including phenoxy) is 2. The zero-order valence-electron chi connectivity index (χ0n) is 22.1. The van der Waals surface area contributed by atoms with E-state index in [1.807, 2.05) is 55.4 Å². The quantitative estimate of drug-likeness (QED) is 0.477. The second kappa shape index (κ2) is 10.7. The molecule has 0 saturated carbocycles. The van der Waals surface area contributed by atoms with Crippen LogP contribution in [0.2, 0.25) is 0 Å². The average molecular weight is 515 g/mol. The fourth-order valence-electron chi connectivity index (χ4n) is 3.41. The molecule has 0 spiro atoms. The summed E-state index contributed by atoms with van der Waals surface area (Å²) in [5.41, 5.74) is 1.64. The van der Waals surface area contributed by atoms with E-state index in [9.17, 15) is 9.59 Å².